The van der Waals surface area contributed by atoms with Crippen LogP contribution in [0.4, 0.5) is 0 Å². The van der Waals surface area contributed by atoms with Crippen LogP contribution in [0.2, 0.25) is 0 Å². The molecule has 0 spiro atoms. The van der Waals surface area contributed by atoms with E-state index in [1.807, 2.05) is 13.8 Å². The number of carboxylic acid groups (broad SMARTS) is 1. The van der Waals surface area contributed by atoms with Gasteiger partial charge in [-0.3, -0.25) is 9.59 Å². The van der Waals surface area contributed by atoms with E-state index in [1.54, 1.807) is 0 Å². The number of nitrogens with one attached hydrogen (secondary N) is 1. The fraction of sp³-hybridized carbons (Fsp3) is 0.889. The summed E-state index contributed by atoms with van der Waals surface area (Å²) in [6.07, 6.45) is 4.31. The van der Waals surface area contributed by atoms with Crippen molar-refractivity contribution in [3.63, 3.8) is 0 Å². The molecule has 0 radical (unpaired) electrons. The Balaban J connectivity index is 4.66. The molecule has 4 unspecified atom stereocenters. The lowest BCUT2D eigenvalue weighted by Gasteiger charge is -2.29. The fourth-order valence-electron chi connectivity index (χ4n) is 2.78. The van der Waals surface area contributed by atoms with Crippen molar-refractivity contribution in [3.05, 3.63) is 0 Å². The van der Waals surface area contributed by atoms with E-state index >= 15 is 0 Å². The Labute approximate surface area is 141 Å². The van der Waals surface area contributed by atoms with Crippen molar-refractivity contribution < 1.29 is 14.7 Å². The van der Waals surface area contributed by atoms with Gasteiger partial charge >= 0.3 is 5.97 Å². The predicted molar refractivity (Wildman–Crippen MR) is 94.0 cm³/mol. The number of hydrogen-bond donors (Lipinski definition) is 3. The third-order valence-corrected chi connectivity index (χ3v) is 5.19. The van der Waals surface area contributed by atoms with Crippen LogP contribution in [-0.2, 0) is 9.59 Å². The number of carbonyl (C=O) groups excluding carboxylic acids is 1. The zero-order chi connectivity index (χ0) is 18.0. The third-order valence-electron chi connectivity index (χ3n) is 5.19. The Morgan fingerprint density at radius 3 is 2.22 bits per heavy atom. The van der Waals surface area contributed by atoms with Gasteiger partial charge in [-0.05, 0) is 23.7 Å². The topological polar surface area (TPSA) is 92.4 Å². The molecule has 4 N–H and O–H groups in total. The normalized spacial score (nSPS) is 17.8. The number of carbonyl (C=O) groups is 2. The highest BCUT2D eigenvalue weighted by Crippen LogP contribution is 2.27. The van der Waals surface area contributed by atoms with Crippen molar-refractivity contribution in [1.82, 2.24) is 5.32 Å². The molecular weight excluding hydrogens is 292 g/mol. The van der Waals surface area contributed by atoms with Gasteiger partial charge in [0, 0.05) is 6.54 Å². The summed E-state index contributed by atoms with van der Waals surface area (Å²) >= 11 is 0. The third kappa shape index (κ3) is 8.35. The van der Waals surface area contributed by atoms with E-state index in [2.05, 4.69) is 26.1 Å². The maximum atomic E-state index is 12.1. The highest BCUT2D eigenvalue weighted by molar-refractivity contribution is 5.81. The number of aliphatic carboxylic acids is 1. The summed E-state index contributed by atoms with van der Waals surface area (Å²) in [5, 5.41) is 12.0. The Bertz CT molecular complexity index is 360. The van der Waals surface area contributed by atoms with Crippen molar-refractivity contribution in [2.45, 2.75) is 72.8 Å². The molecule has 5 nitrogen and oxygen atoms in total. The molecule has 0 aromatic rings. The van der Waals surface area contributed by atoms with E-state index in [0.717, 1.165) is 25.7 Å². The van der Waals surface area contributed by atoms with Gasteiger partial charge in [-0.25, -0.2) is 0 Å². The van der Waals surface area contributed by atoms with Gasteiger partial charge in [0.2, 0.25) is 5.91 Å². The number of unbranched alkanes of at least 4 members (excludes halogenated alkanes) is 1. The quantitative estimate of drug-likeness (QED) is 0.513. The smallest absolute Gasteiger partial charge is 0.303 e. The minimum Gasteiger partial charge on any atom is -0.481 e. The van der Waals surface area contributed by atoms with Crippen molar-refractivity contribution in [1.29, 1.82) is 0 Å². The van der Waals surface area contributed by atoms with Crippen molar-refractivity contribution in [2.24, 2.45) is 29.4 Å². The molecule has 5 atom stereocenters. The summed E-state index contributed by atoms with van der Waals surface area (Å²) in [6, 6.07) is -0.529. The summed E-state index contributed by atoms with van der Waals surface area (Å²) in [7, 11) is 0. The summed E-state index contributed by atoms with van der Waals surface area (Å²) in [5.41, 5.74) is 5.93. The van der Waals surface area contributed by atoms with Crippen LogP contribution < -0.4 is 11.1 Å². The molecule has 0 aromatic heterocycles. The molecule has 0 saturated heterocycles. The Morgan fingerprint density at radius 2 is 1.74 bits per heavy atom. The zero-order valence-electron chi connectivity index (χ0n) is 15.5. The van der Waals surface area contributed by atoms with Crippen LogP contribution in [0.5, 0.6) is 0 Å². The Morgan fingerprint density at radius 1 is 1.13 bits per heavy atom. The lowest BCUT2D eigenvalue weighted by atomic mass is 9.79. The maximum Gasteiger partial charge on any atom is 0.303 e. The molecule has 0 aliphatic carbocycles. The van der Waals surface area contributed by atoms with Gasteiger partial charge in [0.05, 0.1) is 12.5 Å². The van der Waals surface area contributed by atoms with Gasteiger partial charge in [0.1, 0.15) is 0 Å². The van der Waals surface area contributed by atoms with E-state index in [0.29, 0.717) is 12.5 Å². The van der Waals surface area contributed by atoms with Gasteiger partial charge in [-0.2, -0.15) is 0 Å². The van der Waals surface area contributed by atoms with Crippen LogP contribution in [0.1, 0.15) is 66.7 Å². The van der Waals surface area contributed by atoms with Crippen LogP contribution in [0, 0.1) is 23.7 Å². The lowest BCUT2D eigenvalue weighted by molar-refractivity contribution is -0.139. The van der Waals surface area contributed by atoms with Crippen LogP contribution >= 0.6 is 0 Å². The summed E-state index contributed by atoms with van der Waals surface area (Å²) in [6.45, 7) is 10.8. The second-order valence-corrected chi connectivity index (χ2v) is 6.99. The summed E-state index contributed by atoms with van der Waals surface area (Å²) in [4.78, 5) is 23.3. The van der Waals surface area contributed by atoms with Crippen molar-refractivity contribution in [3.8, 4) is 0 Å². The first-order chi connectivity index (χ1) is 10.7. The first-order valence-electron chi connectivity index (χ1n) is 8.99. The molecule has 0 aromatic carbocycles. The Hall–Kier alpha value is -1.10. The molecule has 0 aliphatic heterocycles. The Kier molecular flexibility index (Phi) is 10.9. The van der Waals surface area contributed by atoms with Crippen molar-refractivity contribution >= 4 is 11.9 Å². The van der Waals surface area contributed by atoms with Crippen LogP contribution in [0.3, 0.4) is 0 Å². The molecule has 0 aliphatic rings. The molecule has 0 fully saturated rings. The molecule has 0 rings (SSSR count). The summed E-state index contributed by atoms with van der Waals surface area (Å²) in [5.74, 6) is -0.244. The van der Waals surface area contributed by atoms with Gasteiger partial charge < -0.3 is 16.2 Å². The number of carboxylic acids is 1. The second-order valence-electron chi connectivity index (χ2n) is 6.99. The van der Waals surface area contributed by atoms with Crippen LogP contribution in [0.25, 0.3) is 0 Å². The number of amides is 1. The first kappa shape index (κ1) is 21.9. The first-order valence-corrected chi connectivity index (χ1v) is 8.99. The van der Waals surface area contributed by atoms with Crippen LogP contribution in [0.15, 0.2) is 0 Å². The summed E-state index contributed by atoms with van der Waals surface area (Å²) < 4.78 is 0. The van der Waals surface area contributed by atoms with E-state index in [-0.39, 0.29) is 30.1 Å². The molecule has 0 bridgehead atoms. The molecule has 0 saturated carbocycles. The molecule has 136 valence electrons. The monoisotopic (exact) mass is 328 g/mol. The molecule has 5 heteroatoms. The average molecular weight is 328 g/mol. The van der Waals surface area contributed by atoms with Gasteiger partial charge in [-0.1, -0.05) is 60.3 Å². The largest absolute Gasteiger partial charge is 0.481 e. The zero-order valence-corrected chi connectivity index (χ0v) is 15.5. The minimum absolute atomic E-state index is 0.0626. The number of hydrogen-bond acceptors (Lipinski definition) is 3. The van der Waals surface area contributed by atoms with E-state index in [9.17, 15) is 9.59 Å². The van der Waals surface area contributed by atoms with Gasteiger partial charge in [0.15, 0.2) is 0 Å². The second kappa shape index (κ2) is 11.4. The van der Waals surface area contributed by atoms with E-state index < -0.39 is 12.0 Å². The molecular formula is C18H36N2O3. The van der Waals surface area contributed by atoms with E-state index in [1.165, 1.54) is 0 Å². The lowest BCUT2D eigenvalue weighted by Crippen LogP contribution is -2.46. The van der Waals surface area contributed by atoms with E-state index in [4.69, 9.17) is 10.8 Å². The van der Waals surface area contributed by atoms with Gasteiger partial charge in [0.25, 0.3) is 0 Å². The SMILES string of the molecule is CCCCC(C)C(C)C(CNC(=O)[C@@H](N)C(C)CC)CC(=O)O. The van der Waals surface area contributed by atoms with Gasteiger partial charge in [-0.15, -0.1) is 0 Å². The number of nitrogens with two attached hydrogens (primary N) is 1. The molecule has 0 heterocycles. The standard InChI is InChI=1S/C18H36N2O3/c1-6-8-9-13(4)14(5)15(10-16(21)22)11-20-18(23)17(19)12(3)7-2/h12-15,17H,6-11,19H2,1-5H3,(H,20,23)(H,21,22)/t12?,13?,14?,15?,17-/m0/s1. The average Bonchev–Trinajstić information content (AvgIpc) is 2.53. The highest BCUT2D eigenvalue weighted by Gasteiger charge is 2.27. The maximum absolute atomic E-state index is 12.1. The molecule has 23 heavy (non-hydrogen) atoms. The predicted octanol–water partition coefficient (Wildman–Crippen LogP) is 3.03. The minimum atomic E-state index is -0.815. The molecule has 1 amide bonds. The highest BCUT2D eigenvalue weighted by atomic mass is 16.4. The number of rotatable bonds is 12. The van der Waals surface area contributed by atoms with Crippen molar-refractivity contribution in [2.75, 3.05) is 6.54 Å². The van der Waals surface area contributed by atoms with Crippen LogP contribution in [-0.4, -0.2) is 29.6 Å². The fourth-order valence-corrected chi connectivity index (χ4v) is 2.78.